The highest BCUT2D eigenvalue weighted by atomic mass is 35.5. The van der Waals surface area contributed by atoms with E-state index in [1.165, 1.54) is 0 Å². The molecule has 0 bridgehead atoms. The van der Waals surface area contributed by atoms with E-state index in [0.29, 0.717) is 6.04 Å². The van der Waals surface area contributed by atoms with E-state index in [4.69, 9.17) is 11.6 Å². The summed E-state index contributed by atoms with van der Waals surface area (Å²) >= 11 is 5.63. The van der Waals surface area contributed by atoms with Crippen LogP contribution in [0, 0.1) is 0 Å². The first-order valence-corrected chi connectivity index (χ1v) is 4.59. The Kier molecular flexibility index (Phi) is 17.6. The summed E-state index contributed by atoms with van der Waals surface area (Å²) in [6.45, 7) is 8.88. The molecule has 0 spiro atoms. The fourth-order valence-corrected chi connectivity index (χ4v) is 1.50. The minimum Gasteiger partial charge on any atom is -0.412 e. The third-order valence-electron chi connectivity index (χ3n) is 1.96. The summed E-state index contributed by atoms with van der Waals surface area (Å²) in [4.78, 5) is 2.42. The monoisotopic (exact) mass is 217 g/mol. The summed E-state index contributed by atoms with van der Waals surface area (Å²) in [6.07, 6.45) is 1.10. The number of nitrogens with zero attached hydrogens (tertiary/aromatic N) is 1. The van der Waals surface area contributed by atoms with Gasteiger partial charge in [-0.05, 0) is 26.4 Å². The molecular weight excluding hydrogens is 197 g/mol. The number of hydrogen-bond acceptors (Lipinski definition) is 1. The number of alkyl halides is 1. The smallest absolute Gasteiger partial charge is 0.0238 e. The predicted octanol–water partition coefficient (Wildman–Crippen LogP) is 1.94. The van der Waals surface area contributed by atoms with Crippen LogP contribution in [0.3, 0.4) is 0 Å². The van der Waals surface area contributed by atoms with Crippen LogP contribution in [0.1, 0.15) is 27.2 Å². The van der Waals surface area contributed by atoms with Gasteiger partial charge in [-0.25, -0.2) is 0 Å². The van der Waals surface area contributed by atoms with Crippen LogP contribution in [-0.2, 0) is 0 Å². The summed E-state index contributed by atoms with van der Waals surface area (Å²) in [7, 11) is 0. The summed E-state index contributed by atoms with van der Waals surface area (Å²) in [5.41, 5.74) is 0. The van der Waals surface area contributed by atoms with Gasteiger partial charge in [0.2, 0.25) is 0 Å². The van der Waals surface area contributed by atoms with Crippen LogP contribution in [0.15, 0.2) is 0 Å². The van der Waals surface area contributed by atoms with Crippen molar-refractivity contribution in [3.8, 4) is 0 Å². The molecule has 0 aliphatic carbocycles. The standard InChI is InChI=1S/C8H18ClN.ClH.H2O/c1-4-10(5-2)8(3)6-7-9;;/h8H,4-7H2,1-3H3;1H;1H2. The maximum absolute atomic E-state index is 5.63. The van der Waals surface area contributed by atoms with Crippen molar-refractivity contribution in [3.05, 3.63) is 0 Å². The molecule has 78 valence electrons. The minimum atomic E-state index is 0. The quantitative estimate of drug-likeness (QED) is 0.649. The molecule has 0 aromatic rings. The Morgan fingerprint density at radius 2 is 1.67 bits per heavy atom. The van der Waals surface area contributed by atoms with E-state index in [0.717, 1.165) is 25.4 Å². The van der Waals surface area contributed by atoms with Gasteiger partial charge in [0.25, 0.3) is 0 Å². The van der Waals surface area contributed by atoms with Crippen LogP contribution in [0.25, 0.3) is 0 Å². The van der Waals surface area contributed by atoms with Gasteiger partial charge in [0.15, 0.2) is 0 Å². The average molecular weight is 218 g/mol. The van der Waals surface area contributed by atoms with Crippen LogP contribution in [0.4, 0.5) is 0 Å². The molecule has 0 aliphatic rings. The lowest BCUT2D eigenvalue weighted by Crippen LogP contribution is -2.32. The van der Waals surface area contributed by atoms with Crippen LogP contribution >= 0.6 is 24.0 Å². The molecule has 0 aromatic heterocycles. The third kappa shape index (κ3) is 7.17. The Hall–Kier alpha value is 0.500. The fourth-order valence-electron chi connectivity index (χ4n) is 1.19. The van der Waals surface area contributed by atoms with Crippen molar-refractivity contribution in [1.82, 2.24) is 4.90 Å². The molecule has 4 heteroatoms. The van der Waals surface area contributed by atoms with E-state index < -0.39 is 0 Å². The lowest BCUT2D eigenvalue weighted by atomic mass is 10.2. The van der Waals surface area contributed by atoms with Crippen molar-refractivity contribution in [1.29, 1.82) is 0 Å². The van der Waals surface area contributed by atoms with E-state index in [1.807, 2.05) is 0 Å². The zero-order valence-electron chi connectivity index (χ0n) is 8.14. The summed E-state index contributed by atoms with van der Waals surface area (Å²) in [5.74, 6) is 0.775. The summed E-state index contributed by atoms with van der Waals surface area (Å²) in [6, 6.07) is 0.646. The number of hydrogen-bond donors (Lipinski definition) is 0. The first-order valence-electron chi connectivity index (χ1n) is 4.06. The van der Waals surface area contributed by atoms with Crippen molar-refractivity contribution in [2.24, 2.45) is 0 Å². The van der Waals surface area contributed by atoms with E-state index in [2.05, 4.69) is 25.7 Å². The number of rotatable bonds is 5. The maximum Gasteiger partial charge on any atom is 0.0238 e. The van der Waals surface area contributed by atoms with Gasteiger partial charge in [0.1, 0.15) is 0 Å². The van der Waals surface area contributed by atoms with Gasteiger partial charge in [0, 0.05) is 11.9 Å². The van der Waals surface area contributed by atoms with Crippen molar-refractivity contribution in [3.63, 3.8) is 0 Å². The topological polar surface area (TPSA) is 34.7 Å². The van der Waals surface area contributed by atoms with Gasteiger partial charge in [0.05, 0.1) is 0 Å². The largest absolute Gasteiger partial charge is 0.412 e. The van der Waals surface area contributed by atoms with Gasteiger partial charge in [-0.15, -0.1) is 24.0 Å². The van der Waals surface area contributed by atoms with Gasteiger partial charge < -0.3 is 10.4 Å². The molecule has 0 saturated heterocycles. The van der Waals surface area contributed by atoms with Crippen LogP contribution in [0.5, 0.6) is 0 Å². The molecule has 0 rings (SSSR count). The second kappa shape index (κ2) is 11.5. The molecule has 0 aromatic carbocycles. The molecule has 0 amide bonds. The van der Waals surface area contributed by atoms with Crippen molar-refractivity contribution in [2.75, 3.05) is 19.0 Å². The SMILES string of the molecule is CCN(CC)C(C)CCCl.Cl.O. The highest BCUT2D eigenvalue weighted by Crippen LogP contribution is 2.03. The Balaban J connectivity index is -0.000000405. The number of halogens is 2. The Labute approximate surface area is 87.0 Å². The van der Waals surface area contributed by atoms with E-state index in [-0.39, 0.29) is 17.9 Å². The van der Waals surface area contributed by atoms with Gasteiger partial charge in [-0.2, -0.15) is 0 Å². The van der Waals surface area contributed by atoms with Crippen molar-refractivity contribution in [2.45, 2.75) is 33.2 Å². The Bertz CT molecular complexity index is 79.5. The third-order valence-corrected chi connectivity index (χ3v) is 2.18. The first-order chi connectivity index (χ1) is 4.76. The van der Waals surface area contributed by atoms with Gasteiger partial charge >= 0.3 is 0 Å². The molecule has 2 N–H and O–H groups in total. The highest BCUT2D eigenvalue weighted by molar-refractivity contribution is 6.17. The molecule has 1 atom stereocenters. The minimum absolute atomic E-state index is 0. The zero-order chi connectivity index (χ0) is 7.98. The second-order valence-corrected chi connectivity index (χ2v) is 2.93. The lowest BCUT2D eigenvalue weighted by Gasteiger charge is -2.25. The molecule has 0 aliphatic heterocycles. The summed E-state index contributed by atoms with van der Waals surface area (Å²) in [5, 5.41) is 0. The molecular formula is C8H21Cl2NO. The molecule has 1 unspecified atom stereocenters. The first kappa shape index (κ1) is 18.3. The molecule has 2 nitrogen and oxygen atoms in total. The second-order valence-electron chi connectivity index (χ2n) is 2.55. The van der Waals surface area contributed by atoms with Crippen LogP contribution < -0.4 is 0 Å². The fraction of sp³-hybridized carbons (Fsp3) is 1.00. The molecule has 0 fully saturated rings. The molecule has 0 radical (unpaired) electrons. The zero-order valence-corrected chi connectivity index (χ0v) is 9.71. The normalized spacial score (nSPS) is 11.8. The molecule has 12 heavy (non-hydrogen) atoms. The highest BCUT2D eigenvalue weighted by Gasteiger charge is 2.07. The summed E-state index contributed by atoms with van der Waals surface area (Å²) < 4.78 is 0. The van der Waals surface area contributed by atoms with Gasteiger partial charge in [-0.1, -0.05) is 13.8 Å². The van der Waals surface area contributed by atoms with Crippen molar-refractivity contribution < 1.29 is 5.48 Å². The van der Waals surface area contributed by atoms with Crippen LogP contribution in [0.2, 0.25) is 0 Å². The Morgan fingerprint density at radius 3 is 1.92 bits per heavy atom. The van der Waals surface area contributed by atoms with Gasteiger partial charge in [-0.3, -0.25) is 0 Å². The molecule has 0 saturated carbocycles. The lowest BCUT2D eigenvalue weighted by molar-refractivity contribution is 0.227. The van der Waals surface area contributed by atoms with E-state index in [9.17, 15) is 0 Å². The maximum atomic E-state index is 5.63. The van der Waals surface area contributed by atoms with Crippen molar-refractivity contribution >= 4 is 24.0 Å². The predicted molar refractivity (Wildman–Crippen MR) is 58.6 cm³/mol. The Morgan fingerprint density at radius 1 is 1.25 bits per heavy atom. The van der Waals surface area contributed by atoms with E-state index >= 15 is 0 Å². The molecule has 0 heterocycles. The van der Waals surface area contributed by atoms with E-state index in [1.54, 1.807) is 0 Å². The van der Waals surface area contributed by atoms with Crippen LogP contribution in [-0.4, -0.2) is 35.4 Å². The average Bonchev–Trinajstić information content (AvgIpc) is 1.91.